The Morgan fingerprint density at radius 3 is 2.47 bits per heavy atom. The lowest BCUT2D eigenvalue weighted by atomic mass is 10.3. The number of hydrogen-bond donors (Lipinski definition) is 2. The Hall–Kier alpha value is -1.26. The van der Waals surface area contributed by atoms with Crippen LogP contribution < -0.4 is 15.4 Å². The molecule has 1 rings (SSSR count). The first-order valence-electron chi connectivity index (χ1n) is 5.43. The summed E-state index contributed by atoms with van der Waals surface area (Å²) in [6, 6.07) is 7.37. The van der Waals surface area contributed by atoms with Crippen LogP contribution >= 0.6 is 12.4 Å². The lowest BCUT2D eigenvalue weighted by molar-refractivity contribution is -0.115. The van der Waals surface area contributed by atoms with Gasteiger partial charge in [0.15, 0.2) is 0 Å². The highest BCUT2D eigenvalue weighted by Crippen LogP contribution is 2.15. The second-order valence-electron chi connectivity index (χ2n) is 3.45. The molecule has 0 aromatic heterocycles. The van der Waals surface area contributed by atoms with Crippen LogP contribution in [0.2, 0.25) is 0 Å². The van der Waals surface area contributed by atoms with E-state index >= 15 is 0 Å². The molecule has 0 aliphatic rings. The van der Waals surface area contributed by atoms with E-state index in [1.807, 2.05) is 24.3 Å². The first-order chi connectivity index (χ1) is 7.76. The zero-order valence-corrected chi connectivity index (χ0v) is 11.0. The summed E-state index contributed by atoms with van der Waals surface area (Å²) in [6.45, 7) is 3.09. The molecule has 0 unspecified atom stereocenters. The van der Waals surface area contributed by atoms with Crippen molar-refractivity contribution in [2.45, 2.75) is 13.3 Å². The normalized spacial score (nSPS) is 9.29. The van der Waals surface area contributed by atoms with E-state index in [0.717, 1.165) is 17.9 Å². The zero-order chi connectivity index (χ0) is 11.8. The fourth-order valence-corrected chi connectivity index (χ4v) is 1.22. The van der Waals surface area contributed by atoms with Crippen molar-refractivity contribution in [3.05, 3.63) is 24.3 Å². The predicted octanol–water partition coefficient (Wildman–Crippen LogP) is 2.06. The van der Waals surface area contributed by atoms with Crippen LogP contribution in [-0.4, -0.2) is 26.1 Å². The number of amides is 1. The van der Waals surface area contributed by atoms with Crippen LogP contribution in [0.3, 0.4) is 0 Å². The van der Waals surface area contributed by atoms with E-state index in [1.165, 1.54) is 0 Å². The third-order valence-corrected chi connectivity index (χ3v) is 1.95. The minimum Gasteiger partial charge on any atom is -0.494 e. The summed E-state index contributed by atoms with van der Waals surface area (Å²) in [7, 11) is 1.74. The number of anilines is 1. The summed E-state index contributed by atoms with van der Waals surface area (Å²) in [4.78, 5) is 11.3. The molecule has 0 aliphatic carbocycles. The molecule has 2 N–H and O–H groups in total. The average Bonchev–Trinajstić information content (AvgIpc) is 2.28. The maximum atomic E-state index is 11.3. The molecular weight excluding hydrogens is 240 g/mol. The first-order valence-corrected chi connectivity index (χ1v) is 5.43. The maximum Gasteiger partial charge on any atom is 0.238 e. The van der Waals surface area contributed by atoms with Crippen molar-refractivity contribution < 1.29 is 9.53 Å². The highest BCUT2D eigenvalue weighted by molar-refractivity contribution is 5.92. The van der Waals surface area contributed by atoms with E-state index in [-0.39, 0.29) is 18.3 Å². The van der Waals surface area contributed by atoms with Gasteiger partial charge >= 0.3 is 0 Å². The molecule has 5 heteroatoms. The second kappa shape index (κ2) is 8.84. The van der Waals surface area contributed by atoms with E-state index in [9.17, 15) is 4.79 Å². The third-order valence-electron chi connectivity index (χ3n) is 1.95. The van der Waals surface area contributed by atoms with Crippen molar-refractivity contribution in [2.24, 2.45) is 0 Å². The number of likely N-dealkylation sites (N-methyl/N-ethyl adjacent to an activating group) is 1. The third kappa shape index (κ3) is 6.14. The molecule has 0 spiro atoms. The van der Waals surface area contributed by atoms with Crippen molar-refractivity contribution in [3.63, 3.8) is 0 Å². The van der Waals surface area contributed by atoms with E-state index < -0.39 is 0 Å². The smallest absolute Gasteiger partial charge is 0.238 e. The molecular formula is C12H19ClN2O2. The van der Waals surface area contributed by atoms with Crippen molar-refractivity contribution >= 4 is 24.0 Å². The Morgan fingerprint density at radius 1 is 1.29 bits per heavy atom. The van der Waals surface area contributed by atoms with Crippen molar-refractivity contribution in [2.75, 3.05) is 25.5 Å². The summed E-state index contributed by atoms with van der Waals surface area (Å²) in [5.41, 5.74) is 0.782. The standard InChI is InChI=1S/C12H18N2O2.ClH/c1-3-8-16-11-6-4-10(5-7-11)14-12(15)9-13-2;/h4-7,13H,3,8-9H2,1-2H3,(H,14,15);1H. The Labute approximate surface area is 108 Å². The molecule has 1 aromatic rings. The topological polar surface area (TPSA) is 50.4 Å². The van der Waals surface area contributed by atoms with Gasteiger partial charge in [0.2, 0.25) is 5.91 Å². The molecule has 0 atom stereocenters. The van der Waals surface area contributed by atoms with Crippen LogP contribution in [0.1, 0.15) is 13.3 Å². The zero-order valence-electron chi connectivity index (χ0n) is 10.2. The maximum absolute atomic E-state index is 11.3. The predicted molar refractivity (Wildman–Crippen MR) is 72.0 cm³/mol. The van der Waals surface area contributed by atoms with E-state index in [2.05, 4.69) is 17.6 Å². The summed E-state index contributed by atoms with van der Waals surface area (Å²) in [6.07, 6.45) is 0.987. The van der Waals surface area contributed by atoms with Gasteiger partial charge in [-0.05, 0) is 37.7 Å². The molecule has 0 radical (unpaired) electrons. The molecule has 1 amide bonds. The van der Waals surface area contributed by atoms with Gasteiger partial charge < -0.3 is 15.4 Å². The molecule has 1 aromatic carbocycles. The molecule has 0 bridgehead atoms. The average molecular weight is 259 g/mol. The molecule has 0 saturated heterocycles. The first kappa shape index (κ1) is 15.7. The lowest BCUT2D eigenvalue weighted by Crippen LogP contribution is -2.24. The van der Waals surface area contributed by atoms with Crippen molar-refractivity contribution in [3.8, 4) is 5.75 Å². The highest BCUT2D eigenvalue weighted by Gasteiger charge is 2.00. The number of carbonyl (C=O) groups excluding carboxylic acids is 1. The van der Waals surface area contributed by atoms with Crippen LogP contribution in [-0.2, 0) is 4.79 Å². The van der Waals surface area contributed by atoms with Gasteiger partial charge in [0, 0.05) is 5.69 Å². The fraction of sp³-hybridized carbons (Fsp3) is 0.417. The second-order valence-corrected chi connectivity index (χ2v) is 3.45. The fourth-order valence-electron chi connectivity index (χ4n) is 1.22. The minimum atomic E-state index is -0.0512. The number of carbonyl (C=O) groups is 1. The molecule has 4 nitrogen and oxygen atoms in total. The quantitative estimate of drug-likeness (QED) is 0.821. The Bertz CT molecular complexity index is 328. The van der Waals surface area contributed by atoms with E-state index in [4.69, 9.17) is 4.74 Å². The van der Waals surface area contributed by atoms with Crippen LogP contribution in [0.4, 0.5) is 5.69 Å². The van der Waals surface area contributed by atoms with Crippen molar-refractivity contribution in [1.82, 2.24) is 5.32 Å². The van der Waals surface area contributed by atoms with Gasteiger partial charge in [-0.25, -0.2) is 0 Å². The largest absolute Gasteiger partial charge is 0.494 e. The molecule has 96 valence electrons. The highest BCUT2D eigenvalue weighted by atomic mass is 35.5. The number of hydrogen-bond acceptors (Lipinski definition) is 3. The lowest BCUT2D eigenvalue weighted by Gasteiger charge is -2.07. The van der Waals surface area contributed by atoms with Gasteiger partial charge in [0.05, 0.1) is 13.2 Å². The van der Waals surface area contributed by atoms with E-state index in [0.29, 0.717) is 13.2 Å². The van der Waals surface area contributed by atoms with E-state index in [1.54, 1.807) is 7.05 Å². The minimum absolute atomic E-state index is 0. The van der Waals surface area contributed by atoms with Gasteiger partial charge in [-0.3, -0.25) is 4.79 Å². The van der Waals surface area contributed by atoms with Gasteiger partial charge in [-0.1, -0.05) is 6.92 Å². The number of benzene rings is 1. The monoisotopic (exact) mass is 258 g/mol. The van der Waals surface area contributed by atoms with Gasteiger partial charge in [-0.2, -0.15) is 0 Å². The summed E-state index contributed by atoms with van der Waals surface area (Å²) < 4.78 is 5.44. The molecule has 0 aliphatic heterocycles. The summed E-state index contributed by atoms with van der Waals surface area (Å²) in [5, 5.41) is 5.56. The Morgan fingerprint density at radius 2 is 1.94 bits per heavy atom. The number of ether oxygens (including phenoxy) is 1. The van der Waals surface area contributed by atoms with Crippen molar-refractivity contribution in [1.29, 1.82) is 0 Å². The van der Waals surface area contributed by atoms with Gasteiger partial charge in [0.1, 0.15) is 5.75 Å². The summed E-state index contributed by atoms with van der Waals surface area (Å²) in [5.74, 6) is 0.776. The molecule has 17 heavy (non-hydrogen) atoms. The molecule has 0 saturated carbocycles. The Balaban J connectivity index is 0.00000256. The molecule has 0 heterocycles. The number of halogens is 1. The van der Waals surface area contributed by atoms with Gasteiger partial charge in [-0.15, -0.1) is 12.4 Å². The van der Waals surface area contributed by atoms with Crippen LogP contribution in [0.15, 0.2) is 24.3 Å². The SMILES string of the molecule is CCCOc1ccc(NC(=O)CNC)cc1.Cl. The molecule has 0 fully saturated rings. The number of rotatable bonds is 6. The van der Waals surface area contributed by atoms with Crippen LogP contribution in [0.5, 0.6) is 5.75 Å². The van der Waals surface area contributed by atoms with Crippen LogP contribution in [0, 0.1) is 0 Å². The summed E-state index contributed by atoms with van der Waals surface area (Å²) >= 11 is 0. The van der Waals surface area contributed by atoms with Crippen LogP contribution in [0.25, 0.3) is 0 Å². The number of nitrogens with one attached hydrogen (secondary N) is 2. The van der Waals surface area contributed by atoms with Gasteiger partial charge in [0.25, 0.3) is 0 Å². The Kier molecular flexibility index (Phi) is 8.19.